The lowest BCUT2D eigenvalue weighted by Gasteiger charge is -2.14. The van der Waals surface area contributed by atoms with Gasteiger partial charge in [-0.2, -0.15) is 0 Å². The summed E-state index contributed by atoms with van der Waals surface area (Å²) in [5, 5.41) is 2.74. The Hall–Kier alpha value is -2.74. The maximum absolute atomic E-state index is 12.6. The summed E-state index contributed by atoms with van der Waals surface area (Å²) >= 11 is 3.36. The molecule has 0 bridgehead atoms. The minimum Gasteiger partial charge on any atom is -0.495 e. The fraction of sp³-hybridized carbons (Fsp3) is 0.222. The fourth-order valence-corrected chi connectivity index (χ4v) is 2.79. The monoisotopic (exact) mass is 423 g/mol. The Bertz CT molecular complexity index is 811. The van der Waals surface area contributed by atoms with Crippen LogP contribution in [0, 0.1) is 0 Å². The zero-order chi connectivity index (χ0) is 19.3. The van der Waals surface area contributed by atoms with Crippen LogP contribution in [0.1, 0.15) is 20.7 Å². The Morgan fingerprint density at radius 2 is 1.38 bits per heavy atom. The van der Waals surface area contributed by atoms with Crippen LogP contribution in [0.2, 0.25) is 0 Å². The van der Waals surface area contributed by atoms with Crippen molar-refractivity contribution in [3.8, 4) is 17.2 Å². The van der Waals surface area contributed by atoms with Gasteiger partial charge in [-0.25, -0.2) is 4.79 Å². The molecule has 0 fully saturated rings. The van der Waals surface area contributed by atoms with Gasteiger partial charge in [0.15, 0.2) is 0 Å². The zero-order valence-electron chi connectivity index (χ0n) is 14.7. The Kier molecular flexibility index (Phi) is 6.46. The molecule has 1 amide bonds. The zero-order valence-corrected chi connectivity index (χ0v) is 16.3. The standard InChI is InChI=1S/C18H18BrNO6/c1-23-13-7-10(18(22)26-4)5-6-12(13)20-17(21)11-8-14(24-2)16(19)15(9-11)25-3/h5-9H,1-4H3,(H,20,21). The minimum absolute atomic E-state index is 0.314. The summed E-state index contributed by atoms with van der Waals surface area (Å²) in [6.45, 7) is 0. The van der Waals surface area contributed by atoms with E-state index in [-0.39, 0.29) is 0 Å². The van der Waals surface area contributed by atoms with Gasteiger partial charge in [0.2, 0.25) is 0 Å². The molecule has 0 radical (unpaired) electrons. The summed E-state index contributed by atoms with van der Waals surface area (Å²) in [6, 6.07) is 7.75. The van der Waals surface area contributed by atoms with E-state index in [0.717, 1.165) is 0 Å². The second-order valence-electron chi connectivity index (χ2n) is 5.06. The van der Waals surface area contributed by atoms with E-state index in [1.165, 1.54) is 40.6 Å². The largest absolute Gasteiger partial charge is 0.495 e. The molecule has 138 valence electrons. The van der Waals surface area contributed by atoms with Gasteiger partial charge in [-0.1, -0.05) is 0 Å². The molecule has 0 spiro atoms. The molecule has 7 nitrogen and oxygen atoms in total. The summed E-state index contributed by atoms with van der Waals surface area (Å²) in [4.78, 5) is 24.2. The summed E-state index contributed by atoms with van der Waals surface area (Å²) in [5.41, 5.74) is 1.06. The van der Waals surface area contributed by atoms with Crippen LogP contribution in [0.4, 0.5) is 5.69 Å². The number of carbonyl (C=O) groups excluding carboxylic acids is 2. The molecule has 2 rings (SSSR count). The van der Waals surface area contributed by atoms with Crippen LogP contribution >= 0.6 is 15.9 Å². The SMILES string of the molecule is COC(=O)c1ccc(NC(=O)c2cc(OC)c(Br)c(OC)c2)c(OC)c1. The highest BCUT2D eigenvalue weighted by atomic mass is 79.9. The highest BCUT2D eigenvalue weighted by Crippen LogP contribution is 2.36. The van der Waals surface area contributed by atoms with Gasteiger partial charge in [0, 0.05) is 5.56 Å². The van der Waals surface area contributed by atoms with Crippen LogP contribution in [0.3, 0.4) is 0 Å². The first-order valence-corrected chi connectivity index (χ1v) is 8.23. The number of carbonyl (C=O) groups is 2. The van der Waals surface area contributed by atoms with Crippen LogP contribution in [-0.2, 0) is 4.74 Å². The number of hydrogen-bond acceptors (Lipinski definition) is 6. The van der Waals surface area contributed by atoms with Crippen molar-refractivity contribution in [2.45, 2.75) is 0 Å². The molecular formula is C18H18BrNO6. The molecule has 2 aromatic carbocycles. The quantitative estimate of drug-likeness (QED) is 0.715. The van der Waals surface area contributed by atoms with Crippen LogP contribution < -0.4 is 19.5 Å². The van der Waals surface area contributed by atoms with Gasteiger partial charge in [0.1, 0.15) is 21.7 Å². The van der Waals surface area contributed by atoms with Gasteiger partial charge in [-0.3, -0.25) is 4.79 Å². The third kappa shape index (κ3) is 4.08. The normalized spacial score (nSPS) is 10.0. The molecular weight excluding hydrogens is 406 g/mol. The van der Waals surface area contributed by atoms with E-state index in [2.05, 4.69) is 26.0 Å². The fourth-order valence-electron chi connectivity index (χ4n) is 2.23. The van der Waals surface area contributed by atoms with Crippen molar-refractivity contribution < 1.29 is 28.5 Å². The van der Waals surface area contributed by atoms with Gasteiger partial charge in [0.25, 0.3) is 5.91 Å². The highest BCUT2D eigenvalue weighted by molar-refractivity contribution is 9.10. The lowest BCUT2D eigenvalue weighted by Crippen LogP contribution is -2.13. The van der Waals surface area contributed by atoms with Crippen molar-refractivity contribution in [3.63, 3.8) is 0 Å². The molecule has 0 saturated carbocycles. The maximum atomic E-state index is 12.6. The number of ether oxygens (including phenoxy) is 4. The van der Waals surface area contributed by atoms with Crippen LogP contribution in [0.25, 0.3) is 0 Å². The van der Waals surface area contributed by atoms with Gasteiger partial charge < -0.3 is 24.3 Å². The Morgan fingerprint density at radius 3 is 1.88 bits per heavy atom. The lowest BCUT2D eigenvalue weighted by atomic mass is 10.1. The predicted molar refractivity (Wildman–Crippen MR) is 99.5 cm³/mol. The molecule has 8 heteroatoms. The van der Waals surface area contributed by atoms with Gasteiger partial charge >= 0.3 is 5.97 Å². The Morgan fingerprint density at radius 1 is 0.846 bits per heavy atom. The van der Waals surface area contributed by atoms with E-state index in [9.17, 15) is 9.59 Å². The molecule has 0 aliphatic carbocycles. The van der Waals surface area contributed by atoms with E-state index in [1.807, 2.05) is 0 Å². The molecule has 0 atom stereocenters. The smallest absolute Gasteiger partial charge is 0.337 e. The van der Waals surface area contributed by atoms with Gasteiger partial charge in [-0.15, -0.1) is 0 Å². The van der Waals surface area contributed by atoms with Gasteiger partial charge in [0.05, 0.1) is 39.7 Å². The number of rotatable bonds is 6. The minimum atomic E-state index is -0.497. The van der Waals surface area contributed by atoms with Crippen molar-refractivity contribution in [3.05, 3.63) is 45.9 Å². The first kappa shape index (κ1) is 19.6. The van der Waals surface area contributed by atoms with E-state index in [0.29, 0.717) is 38.5 Å². The molecule has 0 aliphatic heterocycles. The molecule has 0 aliphatic rings. The van der Waals surface area contributed by atoms with Crippen molar-refractivity contribution >= 4 is 33.5 Å². The van der Waals surface area contributed by atoms with E-state index >= 15 is 0 Å². The molecule has 26 heavy (non-hydrogen) atoms. The lowest BCUT2D eigenvalue weighted by molar-refractivity contribution is 0.0600. The Balaban J connectivity index is 2.34. The molecule has 2 aromatic rings. The number of hydrogen-bond donors (Lipinski definition) is 1. The topological polar surface area (TPSA) is 83.1 Å². The van der Waals surface area contributed by atoms with Crippen molar-refractivity contribution in [1.29, 1.82) is 0 Å². The van der Waals surface area contributed by atoms with Crippen molar-refractivity contribution in [2.24, 2.45) is 0 Å². The second kappa shape index (κ2) is 8.57. The third-order valence-electron chi connectivity index (χ3n) is 3.58. The number of methoxy groups -OCH3 is 4. The number of esters is 1. The average molecular weight is 424 g/mol. The number of amides is 1. The van der Waals surface area contributed by atoms with Crippen molar-refractivity contribution in [2.75, 3.05) is 33.8 Å². The third-order valence-corrected chi connectivity index (χ3v) is 4.36. The number of anilines is 1. The number of halogens is 1. The van der Waals surface area contributed by atoms with E-state index in [4.69, 9.17) is 14.2 Å². The van der Waals surface area contributed by atoms with Crippen LogP contribution in [0.5, 0.6) is 17.2 Å². The van der Waals surface area contributed by atoms with Crippen LogP contribution in [-0.4, -0.2) is 40.3 Å². The van der Waals surface area contributed by atoms with Crippen LogP contribution in [0.15, 0.2) is 34.8 Å². The summed E-state index contributed by atoms with van der Waals surface area (Å²) < 4.78 is 21.0. The van der Waals surface area contributed by atoms with E-state index < -0.39 is 11.9 Å². The molecule has 0 heterocycles. The van der Waals surface area contributed by atoms with E-state index in [1.54, 1.807) is 18.2 Å². The summed E-state index contributed by atoms with van der Waals surface area (Å²) in [7, 11) is 5.72. The second-order valence-corrected chi connectivity index (χ2v) is 5.85. The molecule has 0 unspecified atom stereocenters. The average Bonchev–Trinajstić information content (AvgIpc) is 2.67. The summed E-state index contributed by atoms with van der Waals surface area (Å²) in [5.74, 6) is 0.365. The van der Waals surface area contributed by atoms with Gasteiger partial charge in [-0.05, 0) is 46.3 Å². The highest BCUT2D eigenvalue weighted by Gasteiger charge is 2.17. The number of nitrogens with one attached hydrogen (secondary N) is 1. The first-order valence-electron chi connectivity index (χ1n) is 7.44. The first-order chi connectivity index (χ1) is 12.4. The Labute approximate surface area is 159 Å². The molecule has 0 aromatic heterocycles. The molecule has 1 N–H and O–H groups in total. The van der Waals surface area contributed by atoms with Crippen molar-refractivity contribution in [1.82, 2.24) is 0 Å². The molecule has 0 saturated heterocycles. The summed E-state index contributed by atoms with van der Waals surface area (Å²) in [6.07, 6.45) is 0. The predicted octanol–water partition coefficient (Wildman–Crippen LogP) is 3.51. The number of benzene rings is 2. The maximum Gasteiger partial charge on any atom is 0.337 e.